The average Bonchev–Trinajstić information content (AvgIpc) is 2.38. The Bertz CT molecular complexity index is 566. The van der Waals surface area contributed by atoms with Crippen molar-refractivity contribution >= 4 is 11.6 Å². The molecule has 0 radical (unpaired) electrons. The molecule has 1 atom stereocenters. The summed E-state index contributed by atoms with van der Waals surface area (Å²) in [5.74, 6) is 0. The summed E-state index contributed by atoms with van der Waals surface area (Å²) in [6, 6.07) is 10.3. The van der Waals surface area contributed by atoms with Crippen molar-refractivity contribution < 1.29 is 0 Å². The lowest BCUT2D eigenvalue weighted by Crippen LogP contribution is -2.24. The SMILES string of the molecule is CCNC(c1ccc(C)cc1C)c1ncccc1Cl. The number of pyridine rings is 1. The minimum atomic E-state index is 0.0410. The maximum Gasteiger partial charge on any atom is 0.0804 e. The molecule has 0 bridgehead atoms. The number of benzene rings is 1. The summed E-state index contributed by atoms with van der Waals surface area (Å²) >= 11 is 6.29. The summed E-state index contributed by atoms with van der Waals surface area (Å²) < 4.78 is 0. The van der Waals surface area contributed by atoms with E-state index in [1.807, 2.05) is 12.1 Å². The van der Waals surface area contributed by atoms with Crippen LogP contribution in [0.1, 0.15) is 35.3 Å². The van der Waals surface area contributed by atoms with Gasteiger partial charge < -0.3 is 5.32 Å². The van der Waals surface area contributed by atoms with Crippen molar-refractivity contribution in [3.63, 3.8) is 0 Å². The molecule has 0 aliphatic carbocycles. The van der Waals surface area contributed by atoms with Crippen LogP contribution in [-0.2, 0) is 0 Å². The van der Waals surface area contributed by atoms with Gasteiger partial charge in [-0.3, -0.25) is 4.98 Å². The normalized spacial score (nSPS) is 12.4. The molecule has 2 rings (SSSR count). The maximum absolute atomic E-state index is 6.29. The van der Waals surface area contributed by atoms with E-state index in [9.17, 15) is 0 Å². The highest BCUT2D eigenvalue weighted by molar-refractivity contribution is 6.31. The van der Waals surface area contributed by atoms with E-state index in [1.54, 1.807) is 6.20 Å². The standard InChI is InChI=1S/C16H19ClN2/c1-4-18-15(16-14(17)6-5-9-19-16)13-8-7-11(2)10-12(13)3/h5-10,15,18H,4H2,1-3H3. The molecular weight excluding hydrogens is 256 g/mol. The molecule has 100 valence electrons. The zero-order valence-electron chi connectivity index (χ0n) is 11.6. The first-order valence-corrected chi connectivity index (χ1v) is 6.92. The number of nitrogens with one attached hydrogen (secondary N) is 1. The Kier molecular flexibility index (Phi) is 4.56. The number of nitrogens with zero attached hydrogens (tertiary/aromatic N) is 1. The number of hydrogen-bond acceptors (Lipinski definition) is 2. The smallest absolute Gasteiger partial charge is 0.0804 e. The van der Waals surface area contributed by atoms with E-state index in [4.69, 9.17) is 11.6 Å². The third-order valence-corrected chi connectivity index (χ3v) is 3.52. The Balaban J connectivity index is 2.48. The highest BCUT2D eigenvalue weighted by Crippen LogP contribution is 2.28. The van der Waals surface area contributed by atoms with Crippen LogP contribution < -0.4 is 5.32 Å². The fourth-order valence-electron chi connectivity index (χ4n) is 2.32. The third kappa shape index (κ3) is 3.14. The van der Waals surface area contributed by atoms with Gasteiger partial charge in [0.05, 0.1) is 16.8 Å². The zero-order valence-corrected chi connectivity index (χ0v) is 12.3. The van der Waals surface area contributed by atoms with Gasteiger partial charge in [0.15, 0.2) is 0 Å². The molecule has 0 spiro atoms. The Morgan fingerprint density at radius 3 is 2.68 bits per heavy atom. The summed E-state index contributed by atoms with van der Waals surface area (Å²) in [7, 11) is 0. The van der Waals surface area contributed by atoms with Crippen LogP contribution in [-0.4, -0.2) is 11.5 Å². The summed E-state index contributed by atoms with van der Waals surface area (Å²) in [6.45, 7) is 7.19. The van der Waals surface area contributed by atoms with Gasteiger partial charge in [-0.15, -0.1) is 0 Å². The van der Waals surface area contributed by atoms with Gasteiger partial charge in [-0.2, -0.15) is 0 Å². The molecule has 3 heteroatoms. The molecule has 1 heterocycles. The summed E-state index contributed by atoms with van der Waals surface area (Å²) in [6.07, 6.45) is 1.79. The Labute approximate surface area is 119 Å². The molecule has 0 saturated heterocycles. The van der Waals surface area contributed by atoms with E-state index in [2.05, 4.69) is 49.3 Å². The van der Waals surface area contributed by atoms with Gasteiger partial charge >= 0.3 is 0 Å². The van der Waals surface area contributed by atoms with Gasteiger partial charge in [0.25, 0.3) is 0 Å². The van der Waals surface area contributed by atoms with Gasteiger partial charge in [0.1, 0.15) is 0 Å². The molecule has 1 unspecified atom stereocenters. The van der Waals surface area contributed by atoms with Crippen molar-refractivity contribution in [1.82, 2.24) is 10.3 Å². The number of rotatable bonds is 4. The lowest BCUT2D eigenvalue weighted by molar-refractivity contribution is 0.613. The van der Waals surface area contributed by atoms with E-state index in [-0.39, 0.29) is 6.04 Å². The van der Waals surface area contributed by atoms with E-state index in [0.717, 1.165) is 12.2 Å². The molecule has 1 aromatic heterocycles. The van der Waals surface area contributed by atoms with Gasteiger partial charge in [-0.05, 0) is 43.7 Å². The Morgan fingerprint density at radius 2 is 2.05 bits per heavy atom. The van der Waals surface area contributed by atoms with Crippen LogP contribution in [0, 0.1) is 13.8 Å². The first-order valence-electron chi connectivity index (χ1n) is 6.54. The first kappa shape index (κ1) is 14.0. The largest absolute Gasteiger partial charge is 0.305 e. The quantitative estimate of drug-likeness (QED) is 0.910. The Hall–Kier alpha value is -1.38. The van der Waals surface area contributed by atoms with Gasteiger partial charge in [0.2, 0.25) is 0 Å². The molecule has 0 amide bonds. The maximum atomic E-state index is 6.29. The first-order chi connectivity index (χ1) is 9.13. The van der Waals surface area contributed by atoms with Crippen molar-refractivity contribution in [3.8, 4) is 0 Å². The number of aryl methyl sites for hydroxylation is 2. The molecule has 19 heavy (non-hydrogen) atoms. The van der Waals surface area contributed by atoms with Gasteiger partial charge in [-0.1, -0.05) is 42.3 Å². The molecular formula is C16H19ClN2. The molecule has 1 aromatic carbocycles. The molecule has 0 aliphatic heterocycles. The van der Waals surface area contributed by atoms with Crippen LogP contribution in [0.3, 0.4) is 0 Å². The second kappa shape index (κ2) is 6.18. The predicted molar refractivity (Wildman–Crippen MR) is 80.7 cm³/mol. The highest BCUT2D eigenvalue weighted by atomic mass is 35.5. The van der Waals surface area contributed by atoms with Crippen molar-refractivity contribution in [1.29, 1.82) is 0 Å². The molecule has 1 N–H and O–H groups in total. The van der Waals surface area contributed by atoms with Crippen LogP contribution >= 0.6 is 11.6 Å². The topological polar surface area (TPSA) is 24.9 Å². The second-order valence-corrected chi connectivity index (χ2v) is 5.13. The van der Waals surface area contributed by atoms with E-state index < -0.39 is 0 Å². The van der Waals surface area contributed by atoms with Crippen LogP contribution in [0.2, 0.25) is 5.02 Å². The van der Waals surface area contributed by atoms with Crippen molar-refractivity contribution in [2.45, 2.75) is 26.8 Å². The Morgan fingerprint density at radius 1 is 1.26 bits per heavy atom. The lowest BCUT2D eigenvalue weighted by atomic mass is 9.96. The summed E-state index contributed by atoms with van der Waals surface area (Å²) in [4.78, 5) is 4.44. The minimum Gasteiger partial charge on any atom is -0.305 e. The minimum absolute atomic E-state index is 0.0410. The van der Waals surface area contributed by atoms with Crippen molar-refractivity contribution in [3.05, 3.63) is 63.9 Å². The molecule has 0 fully saturated rings. The number of hydrogen-bond donors (Lipinski definition) is 1. The number of aromatic nitrogens is 1. The summed E-state index contributed by atoms with van der Waals surface area (Å²) in [5.41, 5.74) is 4.64. The third-order valence-electron chi connectivity index (χ3n) is 3.20. The molecule has 0 aliphatic rings. The van der Waals surface area contributed by atoms with Gasteiger partial charge in [-0.25, -0.2) is 0 Å². The van der Waals surface area contributed by atoms with Crippen molar-refractivity contribution in [2.24, 2.45) is 0 Å². The number of halogens is 1. The van der Waals surface area contributed by atoms with E-state index in [0.29, 0.717) is 5.02 Å². The summed E-state index contributed by atoms with van der Waals surface area (Å²) in [5, 5.41) is 4.17. The van der Waals surface area contributed by atoms with Crippen LogP contribution in [0.25, 0.3) is 0 Å². The molecule has 2 aromatic rings. The fraction of sp³-hybridized carbons (Fsp3) is 0.312. The van der Waals surface area contributed by atoms with Crippen LogP contribution in [0.5, 0.6) is 0 Å². The fourth-order valence-corrected chi connectivity index (χ4v) is 2.55. The van der Waals surface area contributed by atoms with Crippen LogP contribution in [0.15, 0.2) is 36.5 Å². The van der Waals surface area contributed by atoms with Crippen molar-refractivity contribution in [2.75, 3.05) is 6.54 Å². The van der Waals surface area contributed by atoms with Crippen LogP contribution in [0.4, 0.5) is 0 Å². The lowest BCUT2D eigenvalue weighted by Gasteiger charge is -2.21. The zero-order chi connectivity index (χ0) is 13.8. The monoisotopic (exact) mass is 274 g/mol. The van der Waals surface area contributed by atoms with Gasteiger partial charge in [0, 0.05) is 6.20 Å². The van der Waals surface area contributed by atoms with E-state index >= 15 is 0 Å². The molecule has 0 saturated carbocycles. The predicted octanol–water partition coefficient (Wildman–Crippen LogP) is 4.05. The second-order valence-electron chi connectivity index (χ2n) is 4.72. The average molecular weight is 275 g/mol. The van der Waals surface area contributed by atoms with E-state index in [1.165, 1.54) is 16.7 Å². The highest BCUT2D eigenvalue weighted by Gasteiger charge is 2.18. The molecule has 2 nitrogen and oxygen atoms in total.